The van der Waals surface area contributed by atoms with Crippen LogP contribution in [0.3, 0.4) is 0 Å². The number of carbonyl (C=O) groups is 1. The van der Waals surface area contributed by atoms with Gasteiger partial charge in [0.05, 0.1) is 13.2 Å². The van der Waals surface area contributed by atoms with Crippen molar-refractivity contribution < 1.29 is 14.3 Å². The third-order valence-electron chi connectivity index (χ3n) is 1.97. The van der Waals surface area contributed by atoms with Crippen LogP contribution in [0.2, 0.25) is 0 Å². The first kappa shape index (κ1) is 13.6. The fourth-order valence-corrected chi connectivity index (χ4v) is 1.40. The van der Waals surface area contributed by atoms with Crippen LogP contribution >= 0.6 is 11.6 Å². The molecule has 0 aliphatic carbocycles. The van der Waals surface area contributed by atoms with E-state index in [1.165, 1.54) is 6.08 Å². The van der Waals surface area contributed by atoms with E-state index in [1.807, 2.05) is 32.0 Å². The largest absolute Gasteiger partial charge is 0.490 e. The molecule has 3 nitrogen and oxygen atoms in total. The summed E-state index contributed by atoms with van der Waals surface area (Å²) in [5.74, 6) is 1.36. The second kappa shape index (κ2) is 6.97. The number of benzene rings is 1. The fourth-order valence-electron chi connectivity index (χ4n) is 1.33. The van der Waals surface area contributed by atoms with Crippen LogP contribution < -0.4 is 9.47 Å². The Kier molecular flexibility index (Phi) is 5.57. The summed E-state index contributed by atoms with van der Waals surface area (Å²) >= 11 is 5.23. The fraction of sp³-hybridized carbons (Fsp3) is 0.308. The van der Waals surface area contributed by atoms with Gasteiger partial charge >= 0.3 is 0 Å². The third-order valence-corrected chi connectivity index (χ3v) is 2.10. The molecule has 0 spiro atoms. The number of allylic oxidation sites excluding steroid dienone is 1. The molecule has 0 N–H and O–H groups in total. The van der Waals surface area contributed by atoms with Crippen molar-refractivity contribution in [1.82, 2.24) is 0 Å². The smallest absolute Gasteiger partial charge is 0.245 e. The van der Waals surface area contributed by atoms with E-state index in [4.69, 9.17) is 21.1 Å². The van der Waals surface area contributed by atoms with Gasteiger partial charge in [0, 0.05) is 0 Å². The van der Waals surface area contributed by atoms with E-state index < -0.39 is 5.24 Å². The van der Waals surface area contributed by atoms with E-state index in [0.717, 1.165) is 5.56 Å². The van der Waals surface area contributed by atoms with Crippen LogP contribution in [0.4, 0.5) is 0 Å². The molecule has 0 atom stereocenters. The lowest BCUT2D eigenvalue weighted by atomic mass is 10.2. The Morgan fingerprint density at radius 1 is 1.24 bits per heavy atom. The lowest BCUT2D eigenvalue weighted by Crippen LogP contribution is -1.98. The van der Waals surface area contributed by atoms with Crippen LogP contribution in [0.1, 0.15) is 19.4 Å². The zero-order chi connectivity index (χ0) is 12.7. The van der Waals surface area contributed by atoms with Crippen molar-refractivity contribution in [2.24, 2.45) is 0 Å². The molecule has 1 rings (SSSR count). The number of carbonyl (C=O) groups excluding carboxylic acids is 1. The van der Waals surface area contributed by atoms with Crippen LogP contribution in [-0.4, -0.2) is 18.5 Å². The maximum atomic E-state index is 10.6. The highest BCUT2D eigenvalue weighted by Gasteiger charge is 2.04. The molecule has 0 saturated carbocycles. The summed E-state index contributed by atoms with van der Waals surface area (Å²) in [6.07, 6.45) is 2.93. The SMILES string of the molecule is CCOc1ccc(C=CC(=O)Cl)cc1OCC. The van der Waals surface area contributed by atoms with Crippen molar-refractivity contribution in [2.75, 3.05) is 13.2 Å². The lowest BCUT2D eigenvalue weighted by molar-refractivity contribution is -0.107. The topological polar surface area (TPSA) is 35.5 Å². The predicted molar refractivity (Wildman–Crippen MR) is 68.7 cm³/mol. The highest BCUT2D eigenvalue weighted by molar-refractivity contribution is 6.66. The standard InChI is InChI=1S/C13H15ClO3/c1-3-16-11-7-5-10(6-8-13(14)15)9-12(11)17-4-2/h5-9H,3-4H2,1-2H3. The van der Waals surface area contributed by atoms with Crippen LogP contribution in [0.25, 0.3) is 6.08 Å². The van der Waals surface area contributed by atoms with Gasteiger partial charge in [0.1, 0.15) is 0 Å². The average Bonchev–Trinajstić information content (AvgIpc) is 2.30. The molecule has 4 heteroatoms. The van der Waals surface area contributed by atoms with Gasteiger partial charge in [-0.3, -0.25) is 4.79 Å². The summed E-state index contributed by atoms with van der Waals surface area (Å²) in [5, 5.41) is -0.503. The molecule has 0 amide bonds. The van der Waals surface area contributed by atoms with Gasteiger partial charge in [-0.15, -0.1) is 0 Å². The first-order valence-corrected chi connectivity index (χ1v) is 5.82. The Balaban J connectivity index is 2.95. The number of rotatable bonds is 6. The summed E-state index contributed by atoms with van der Waals surface area (Å²) in [4.78, 5) is 10.6. The molecule has 0 radical (unpaired) electrons. The van der Waals surface area contributed by atoms with Crippen molar-refractivity contribution >= 4 is 22.9 Å². The summed E-state index contributed by atoms with van der Waals surface area (Å²) in [5.41, 5.74) is 0.839. The quantitative estimate of drug-likeness (QED) is 0.577. The molecular weight excluding hydrogens is 240 g/mol. The minimum Gasteiger partial charge on any atom is -0.490 e. The Bertz CT molecular complexity index is 413. The maximum absolute atomic E-state index is 10.6. The van der Waals surface area contributed by atoms with E-state index in [9.17, 15) is 4.79 Å². The van der Waals surface area contributed by atoms with Crippen molar-refractivity contribution in [2.45, 2.75) is 13.8 Å². The average molecular weight is 255 g/mol. The number of hydrogen-bond acceptors (Lipinski definition) is 3. The highest BCUT2D eigenvalue weighted by atomic mass is 35.5. The Hall–Kier alpha value is -1.48. The Morgan fingerprint density at radius 2 is 1.88 bits per heavy atom. The third kappa shape index (κ3) is 4.49. The predicted octanol–water partition coefficient (Wildman–Crippen LogP) is 3.26. The van der Waals surface area contributed by atoms with E-state index in [2.05, 4.69) is 0 Å². The van der Waals surface area contributed by atoms with Gasteiger partial charge in [0.25, 0.3) is 0 Å². The first-order chi connectivity index (χ1) is 8.17. The Labute approximate surface area is 106 Å². The maximum Gasteiger partial charge on any atom is 0.245 e. The molecule has 0 unspecified atom stereocenters. The van der Waals surface area contributed by atoms with Gasteiger partial charge in [0.2, 0.25) is 5.24 Å². The molecule has 0 fully saturated rings. The molecule has 17 heavy (non-hydrogen) atoms. The second-order valence-corrected chi connectivity index (χ2v) is 3.58. The van der Waals surface area contributed by atoms with Crippen molar-refractivity contribution in [1.29, 1.82) is 0 Å². The summed E-state index contributed by atoms with van der Waals surface area (Å²) in [6.45, 7) is 4.95. The van der Waals surface area contributed by atoms with Crippen LogP contribution in [0, 0.1) is 0 Å². The molecule has 0 bridgehead atoms. The molecule has 1 aromatic carbocycles. The van der Waals surface area contributed by atoms with E-state index in [-0.39, 0.29) is 0 Å². The van der Waals surface area contributed by atoms with Gasteiger partial charge in [0.15, 0.2) is 11.5 Å². The van der Waals surface area contributed by atoms with Crippen LogP contribution in [-0.2, 0) is 4.79 Å². The minimum atomic E-state index is -0.503. The zero-order valence-corrected chi connectivity index (χ0v) is 10.7. The van der Waals surface area contributed by atoms with Crippen LogP contribution in [0.15, 0.2) is 24.3 Å². The van der Waals surface area contributed by atoms with E-state index in [1.54, 1.807) is 6.08 Å². The zero-order valence-electron chi connectivity index (χ0n) is 9.90. The number of halogens is 1. The minimum absolute atomic E-state index is 0.503. The Morgan fingerprint density at radius 3 is 2.47 bits per heavy atom. The molecular formula is C13H15ClO3. The van der Waals surface area contributed by atoms with Gasteiger partial charge in [-0.05, 0) is 49.2 Å². The second-order valence-electron chi connectivity index (χ2n) is 3.21. The number of ether oxygens (including phenoxy) is 2. The normalized spacial score (nSPS) is 10.5. The van der Waals surface area contributed by atoms with Gasteiger partial charge in [-0.1, -0.05) is 12.1 Å². The molecule has 0 aromatic heterocycles. The first-order valence-electron chi connectivity index (χ1n) is 5.44. The summed E-state index contributed by atoms with van der Waals surface area (Å²) in [7, 11) is 0. The molecule has 1 aromatic rings. The molecule has 0 aliphatic heterocycles. The van der Waals surface area contributed by atoms with Gasteiger partial charge in [-0.2, -0.15) is 0 Å². The van der Waals surface area contributed by atoms with E-state index in [0.29, 0.717) is 24.7 Å². The van der Waals surface area contributed by atoms with Gasteiger partial charge in [-0.25, -0.2) is 0 Å². The van der Waals surface area contributed by atoms with Gasteiger partial charge < -0.3 is 9.47 Å². The lowest BCUT2D eigenvalue weighted by Gasteiger charge is -2.11. The highest BCUT2D eigenvalue weighted by Crippen LogP contribution is 2.28. The molecule has 0 aliphatic rings. The van der Waals surface area contributed by atoms with Crippen molar-refractivity contribution in [3.05, 3.63) is 29.8 Å². The van der Waals surface area contributed by atoms with Crippen molar-refractivity contribution in [3.63, 3.8) is 0 Å². The summed E-state index contributed by atoms with van der Waals surface area (Å²) in [6, 6.07) is 5.46. The molecule has 0 saturated heterocycles. The monoisotopic (exact) mass is 254 g/mol. The summed E-state index contributed by atoms with van der Waals surface area (Å²) < 4.78 is 10.9. The molecule has 0 heterocycles. The number of hydrogen-bond donors (Lipinski definition) is 0. The molecule has 92 valence electrons. The van der Waals surface area contributed by atoms with Crippen LogP contribution in [0.5, 0.6) is 11.5 Å². The van der Waals surface area contributed by atoms with E-state index >= 15 is 0 Å². The van der Waals surface area contributed by atoms with Crippen molar-refractivity contribution in [3.8, 4) is 11.5 Å².